The summed E-state index contributed by atoms with van der Waals surface area (Å²) in [6, 6.07) is 9.37. The van der Waals surface area contributed by atoms with Gasteiger partial charge in [0.1, 0.15) is 0 Å². The molecule has 5 nitrogen and oxygen atoms in total. The van der Waals surface area contributed by atoms with E-state index in [1.807, 2.05) is 23.6 Å². The number of hydrogen-bond donors (Lipinski definition) is 1. The van der Waals surface area contributed by atoms with E-state index in [0.717, 1.165) is 16.5 Å². The number of thiophene rings is 1. The van der Waals surface area contributed by atoms with Crippen molar-refractivity contribution in [3.63, 3.8) is 0 Å². The molecule has 8 heteroatoms. The summed E-state index contributed by atoms with van der Waals surface area (Å²) in [7, 11) is -3.85. The average molecular weight is 392 g/mol. The number of rotatable bonds is 7. The summed E-state index contributed by atoms with van der Waals surface area (Å²) in [6.45, 7) is 2.09. The van der Waals surface area contributed by atoms with Crippen LogP contribution in [-0.2, 0) is 16.6 Å². The summed E-state index contributed by atoms with van der Waals surface area (Å²) in [5, 5.41) is 1.96. The van der Waals surface area contributed by atoms with Crippen molar-refractivity contribution in [2.45, 2.75) is 18.4 Å². The van der Waals surface area contributed by atoms with Crippen LogP contribution in [0, 0.1) is 5.82 Å². The minimum Gasteiger partial charge on any atom is -0.491 e. The molecule has 0 fully saturated rings. The van der Waals surface area contributed by atoms with Gasteiger partial charge >= 0.3 is 0 Å². The van der Waals surface area contributed by atoms with Gasteiger partial charge in [-0.3, -0.25) is 4.98 Å². The Hall–Kier alpha value is -2.29. The van der Waals surface area contributed by atoms with E-state index >= 15 is 0 Å². The van der Waals surface area contributed by atoms with Crippen LogP contribution in [0.5, 0.6) is 5.75 Å². The lowest BCUT2D eigenvalue weighted by Crippen LogP contribution is -2.23. The molecule has 136 valence electrons. The van der Waals surface area contributed by atoms with Gasteiger partial charge in [0.15, 0.2) is 11.6 Å². The molecule has 0 bridgehead atoms. The van der Waals surface area contributed by atoms with Crippen molar-refractivity contribution in [2.24, 2.45) is 0 Å². The number of benzene rings is 1. The molecular formula is C18H17FN2O3S2. The molecule has 1 aromatic carbocycles. The SMILES string of the molecule is CCOc1ccc(S(=O)(=O)NCc2cncc(-c3cccs3)c2)cc1F. The summed E-state index contributed by atoms with van der Waals surface area (Å²) < 4.78 is 46.3. The molecular weight excluding hydrogens is 375 g/mol. The number of nitrogens with zero attached hydrogens (tertiary/aromatic N) is 1. The van der Waals surface area contributed by atoms with Crippen molar-refractivity contribution in [1.29, 1.82) is 0 Å². The van der Waals surface area contributed by atoms with Crippen LogP contribution in [0.25, 0.3) is 10.4 Å². The number of hydrogen-bond acceptors (Lipinski definition) is 5. The first-order valence-corrected chi connectivity index (χ1v) is 10.3. The highest BCUT2D eigenvalue weighted by Gasteiger charge is 2.17. The summed E-state index contributed by atoms with van der Waals surface area (Å²) in [6.07, 6.45) is 3.32. The monoisotopic (exact) mass is 392 g/mol. The topological polar surface area (TPSA) is 68.3 Å². The van der Waals surface area contributed by atoms with Crippen molar-refractivity contribution in [3.05, 3.63) is 65.6 Å². The molecule has 0 saturated carbocycles. The molecule has 0 amide bonds. The van der Waals surface area contributed by atoms with E-state index in [-0.39, 0.29) is 17.2 Å². The summed E-state index contributed by atoms with van der Waals surface area (Å²) >= 11 is 1.58. The zero-order valence-corrected chi connectivity index (χ0v) is 15.6. The molecule has 26 heavy (non-hydrogen) atoms. The molecule has 1 N–H and O–H groups in total. The standard InChI is InChI=1S/C18H17FN2O3S2/c1-2-24-17-6-5-15(9-16(17)19)26(22,23)21-11-13-8-14(12-20-10-13)18-4-3-7-25-18/h3-10,12,21H,2,11H2,1H3. The first-order chi connectivity index (χ1) is 12.5. The lowest BCUT2D eigenvalue weighted by atomic mass is 10.2. The Morgan fingerprint density at radius 1 is 1.23 bits per heavy atom. The van der Waals surface area contributed by atoms with Crippen LogP contribution >= 0.6 is 11.3 Å². The van der Waals surface area contributed by atoms with Crippen molar-refractivity contribution < 1.29 is 17.5 Å². The average Bonchev–Trinajstić information content (AvgIpc) is 3.17. The normalized spacial score (nSPS) is 11.5. The van der Waals surface area contributed by atoms with Crippen molar-refractivity contribution >= 4 is 21.4 Å². The highest BCUT2D eigenvalue weighted by atomic mass is 32.2. The van der Waals surface area contributed by atoms with E-state index in [1.165, 1.54) is 12.1 Å². The Bertz CT molecular complexity index is 989. The molecule has 2 heterocycles. The van der Waals surface area contributed by atoms with Gasteiger partial charge in [-0.1, -0.05) is 6.07 Å². The fourth-order valence-electron chi connectivity index (χ4n) is 2.34. The molecule has 0 unspecified atom stereocenters. The Balaban J connectivity index is 1.74. The Labute approximate surface area is 155 Å². The number of halogens is 1. The third-order valence-corrected chi connectivity index (χ3v) is 5.90. The lowest BCUT2D eigenvalue weighted by Gasteiger charge is -2.09. The molecule has 0 aliphatic heterocycles. The third kappa shape index (κ3) is 4.27. The molecule has 3 rings (SSSR count). The predicted octanol–water partition coefficient (Wildman–Crippen LogP) is 3.83. The van der Waals surface area contributed by atoms with Gasteiger partial charge in [0.2, 0.25) is 10.0 Å². The first-order valence-electron chi connectivity index (χ1n) is 7.89. The Kier molecular flexibility index (Phi) is 5.65. The van der Waals surface area contributed by atoms with Crippen LogP contribution in [0.2, 0.25) is 0 Å². The maximum Gasteiger partial charge on any atom is 0.240 e. The molecule has 2 aromatic heterocycles. The number of aromatic nitrogens is 1. The van der Waals surface area contributed by atoms with E-state index in [0.29, 0.717) is 12.2 Å². The van der Waals surface area contributed by atoms with Crippen LogP contribution in [-0.4, -0.2) is 20.0 Å². The van der Waals surface area contributed by atoms with E-state index in [2.05, 4.69) is 9.71 Å². The van der Waals surface area contributed by atoms with Crippen LogP contribution in [0.1, 0.15) is 12.5 Å². The molecule has 0 saturated heterocycles. The summed E-state index contributed by atoms with van der Waals surface area (Å²) in [4.78, 5) is 5.06. The van der Waals surface area contributed by atoms with E-state index in [4.69, 9.17) is 4.74 Å². The molecule has 0 aliphatic carbocycles. The zero-order valence-electron chi connectivity index (χ0n) is 14.0. The zero-order chi connectivity index (χ0) is 18.6. The summed E-state index contributed by atoms with van der Waals surface area (Å²) in [5.41, 5.74) is 1.63. The predicted molar refractivity (Wildman–Crippen MR) is 99.1 cm³/mol. The van der Waals surface area contributed by atoms with Crippen LogP contribution in [0.4, 0.5) is 4.39 Å². The largest absolute Gasteiger partial charge is 0.491 e. The second-order valence-electron chi connectivity index (χ2n) is 5.41. The fourth-order valence-corrected chi connectivity index (χ4v) is 4.08. The Morgan fingerprint density at radius 3 is 2.77 bits per heavy atom. The van der Waals surface area contributed by atoms with Crippen molar-refractivity contribution in [3.8, 4) is 16.2 Å². The van der Waals surface area contributed by atoms with Gasteiger partial charge in [-0.2, -0.15) is 0 Å². The van der Waals surface area contributed by atoms with Gasteiger partial charge in [0, 0.05) is 29.4 Å². The minimum atomic E-state index is -3.85. The molecule has 0 atom stereocenters. The highest BCUT2D eigenvalue weighted by molar-refractivity contribution is 7.89. The van der Waals surface area contributed by atoms with E-state index < -0.39 is 15.8 Å². The second kappa shape index (κ2) is 7.94. The molecule has 0 spiro atoms. The highest BCUT2D eigenvalue weighted by Crippen LogP contribution is 2.25. The van der Waals surface area contributed by atoms with Gasteiger partial charge in [0.25, 0.3) is 0 Å². The number of sulfonamides is 1. The van der Waals surface area contributed by atoms with Crippen LogP contribution < -0.4 is 9.46 Å². The Morgan fingerprint density at radius 2 is 2.08 bits per heavy atom. The molecule has 3 aromatic rings. The van der Waals surface area contributed by atoms with E-state index in [1.54, 1.807) is 30.7 Å². The summed E-state index contributed by atoms with van der Waals surface area (Å²) in [5.74, 6) is -0.685. The van der Waals surface area contributed by atoms with Gasteiger partial charge in [0.05, 0.1) is 11.5 Å². The number of pyridine rings is 1. The quantitative estimate of drug-likeness (QED) is 0.664. The van der Waals surface area contributed by atoms with Gasteiger partial charge in [-0.15, -0.1) is 11.3 Å². The van der Waals surface area contributed by atoms with Gasteiger partial charge in [-0.05, 0) is 48.2 Å². The van der Waals surface area contributed by atoms with Crippen molar-refractivity contribution in [2.75, 3.05) is 6.61 Å². The smallest absolute Gasteiger partial charge is 0.240 e. The van der Waals surface area contributed by atoms with E-state index in [9.17, 15) is 12.8 Å². The number of ether oxygens (including phenoxy) is 1. The molecule has 0 radical (unpaired) electrons. The van der Waals surface area contributed by atoms with Gasteiger partial charge in [-0.25, -0.2) is 17.5 Å². The van der Waals surface area contributed by atoms with Crippen molar-refractivity contribution in [1.82, 2.24) is 9.71 Å². The fraction of sp³-hybridized carbons (Fsp3) is 0.167. The number of nitrogens with one attached hydrogen (secondary N) is 1. The maximum absolute atomic E-state index is 13.9. The second-order valence-corrected chi connectivity index (χ2v) is 8.12. The minimum absolute atomic E-state index is 0.0271. The third-order valence-electron chi connectivity index (χ3n) is 3.58. The molecule has 0 aliphatic rings. The van der Waals surface area contributed by atoms with Gasteiger partial charge < -0.3 is 4.74 Å². The lowest BCUT2D eigenvalue weighted by molar-refractivity contribution is 0.321. The maximum atomic E-state index is 13.9. The van der Waals surface area contributed by atoms with Crippen LogP contribution in [0.15, 0.2) is 59.1 Å². The first kappa shape index (κ1) is 18.5. The van der Waals surface area contributed by atoms with Crippen LogP contribution in [0.3, 0.4) is 0 Å².